The van der Waals surface area contributed by atoms with Gasteiger partial charge >= 0.3 is 54.9 Å². The van der Waals surface area contributed by atoms with Crippen LogP contribution >= 0.6 is 0 Å². The third kappa shape index (κ3) is 22.9. The molecule has 0 fully saturated rings. The van der Waals surface area contributed by atoms with Crippen molar-refractivity contribution in [3.63, 3.8) is 0 Å². The number of hydrogen-bond donors (Lipinski definition) is 1. The Hall–Kier alpha value is 0.521. The number of aliphatic carboxylic acids is 1. The molecule has 0 unspecified atom stereocenters. The van der Waals surface area contributed by atoms with Crippen LogP contribution in [0.5, 0.6) is 0 Å². The second-order valence-electron chi connectivity index (χ2n) is 5.37. The average molecular weight is 420 g/mol. The summed E-state index contributed by atoms with van der Waals surface area (Å²) in [6.45, 7) is 2.23. The van der Waals surface area contributed by atoms with Crippen molar-refractivity contribution in [2.75, 3.05) is 0 Å². The first-order valence-electron chi connectivity index (χ1n) is 8.29. The van der Waals surface area contributed by atoms with Gasteiger partial charge in [0.15, 0.2) is 0 Å². The summed E-state index contributed by atoms with van der Waals surface area (Å²) < 4.78 is 0. The van der Waals surface area contributed by atoms with Crippen LogP contribution in [0.1, 0.15) is 84.0 Å². The Morgan fingerprint density at radius 2 is 1.33 bits per heavy atom. The number of allylic oxidation sites excluding steroid dienone is 4. The van der Waals surface area contributed by atoms with E-state index < -0.39 is 5.97 Å². The monoisotopic (exact) mass is 420 g/mol. The van der Waals surface area contributed by atoms with Gasteiger partial charge in [0.2, 0.25) is 0 Å². The van der Waals surface area contributed by atoms with E-state index in [0.717, 1.165) is 25.7 Å². The Bertz CT molecular complexity index is 272. The van der Waals surface area contributed by atoms with Crippen LogP contribution < -0.4 is 0 Å². The van der Waals surface area contributed by atoms with Gasteiger partial charge in [-0.1, -0.05) is 63.3 Å². The summed E-state index contributed by atoms with van der Waals surface area (Å²) in [5.41, 5.74) is 0. The Labute approximate surface area is 171 Å². The summed E-state index contributed by atoms with van der Waals surface area (Å²) in [4.78, 5) is 10.3. The predicted octanol–water partition coefficient (Wildman–Crippen LogP) is 4.97. The first-order chi connectivity index (χ1) is 9.77. The maximum atomic E-state index is 10.3. The molecule has 21 heavy (non-hydrogen) atoms. The number of unbranched alkanes of at least 4 members (excludes halogenated alkanes) is 8. The van der Waals surface area contributed by atoms with E-state index in [1.54, 1.807) is 0 Å². The first kappa shape index (κ1) is 23.8. The minimum atomic E-state index is -0.671. The zero-order chi connectivity index (χ0) is 14.9. The molecule has 0 saturated carbocycles. The summed E-state index contributed by atoms with van der Waals surface area (Å²) in [5.74, 6) is -0.671. The Kier molecular flexibility index (Phi) is 23.2. The van der Waals surface area contributed by atoms with Gasteiger partial charge in [-0.3, -0.25) is 4.79 Å². The molecule has 0 aliphatic carbocycles. The molecule has 0 aliphatic heterocycles. The summed E-state index contributed by atoms with van der Waals surface area (Å²) in [6, 6.07) is 0. The fourth-order valence-corrected chi connectivity index (χ4v) is 2.09. The second kappa shape index (κ2) is 20.5. The third-order valence-electron chi connectivity index (χ3n) is 3.34. The molecule has 1 N–H and O–H groups in total. The van der Waals surface area contributed by atoms with E-state index in [0.29, 0.717) is 6.42 Å². The van der Waals surface area contributed by atoms with Crippen molar-refractivity contribution in [3.05, 3.63) is 24.3 Å². The van der Waals surface area contributed by atoms with Crippen molar-refractivity contribution < 1.29 is 9.90 Å². The molecule has 0 atom stereocenters. The molecule has 0 spiro atoms. The number of carboxylic acid groups (broad SMARTS) is 1. The van der Waals surface area contributed by atoms with Gasteiger partial charge in [-0.15, -0.1) is 0 Å². The first-order valence-corrected chi connectivity index (χ1v) is 8.29. The molecule has 120 valence electrons. The van der Waals surface area contributed by atoms with Gasteiger partial charge in [0.25, 0.3) is 0 Å². The van der Waals surface area contributed by atoms with Crippen molar-refractivity contribution in [1.29, 1.82) is 0 Å². The van der Waals surface area contributed by atoms with Crippen LogP contribution in [-0.4, -0.2) is 60.0 Å². The molecule has 0 aliphatic rings. The van der Waals surface area contributed by atoms with Crippen molar-refractivity contribution >= 4 is 54.9 Å². The molecule has 0 radical (unpaired) electrons. The standard InChI is InChI=1S/C18H32O2.Ba.2H/c1-2-3-4-5-6-7-8-9-10-11-12-13-14-15-16-17-18(19)20;;;/h6-7,9-10H,2-5,8,11-17H2,1H3,(H,19,20);;;/b7-6-,10-9-;;;. The van der Waals surface area contributed by atoms with Gasteiger partial charge in [-0.2, -0.15) is 0 Å². The van der Waals surface area contributed by atoms with Crippen LogP contribution in [0.25, 0.3) is 0 Å². The normalized spacial score (nSPS) is 11.1. The van der Waals surface area contributed by atoms with Gasteiger partial charge in [-0.05, 0) is 38.5 Å². The summed E-state index contributed by atoms with van der Waals surface area (Å²) >= 11 is 0. The molecule has 2 nitrogen and oxygen atoms in total. The fourth-order valence-electron chi connectivity index (χ4n) is 2.09. The van der Waals surface area contributed by atoms with Gasteiger partial charge in [-0.25, -0.2) is 0 Å². The number of hydrogen-bond acceptors (Lipinski definition) is 1. The molecule has 0 aromatic heterocycles. The molecule has 0 saturated heterocycles. The molecule has 0 rings (SSSR count). The van der Waals surface area contributed by atoms with Crippen molar-refractivity contribution in [1.82, 2.24) is 0 Å². The molecular formula is C18H34BaO2. The van der Waals surface area contributed by atoms with Gasteiger partial charge in [0.05, 0.1) is 0 Å². The van der Waals surface area contributed by atoms with E-state index >= 15 is 0 Å². The van der Waals surface area contributed by atoms with Crippen LogP contribution in [0.2, 0.25) is 0 Å². The van der Waals surface area contributed by atoms with Crippen molar-refractivity contribution in [2.45, 2.75) is 84.0 Å². The SMILES string of the molecule is CCCCC/C=C\C/C=C\CCCCCCCC(=O)O.[BaH2]. The molecule has 0 aromatic carbocycles. The Balaban J connectivity index is 0. The average Bonchev–Trinajstić information content (AvgIpc) is 2.43. The van der Waals surface area contributed by atoms with Crippen LogP contribution in [0.15, 0.2) is 24.3 Å². The van der Waals surface area contributed by atoms with Gasteiger partial charge in [0.1, 0.15) is 0 Å². The molecular weight excluding hydrogens is 386 g/mol. The van der Waals surface area contributed by atoms with E-state index in [1.807, 2.05) is 0 Å². The molecule has 0 bridgehead atoms. The number of rotatable bonds is 14. The maximum absolute atomic E-state index is 10.3. The second-order valence-corrected chi connectivity index (χ2v) is 5.37. The molecule has 0 amide bonds. The van der Waals surface area contributed by atoms with Crippen LogP contribution in [0.4, 0.5) is 0 Å². The summed E-state index contributed by atoms with van der Waals surface area (Å²) in [6.07, 6.45) is 22.3. The Morgan fingerprint density at radius 3 is 1.90 bits per heavy atom. The van der Waals surface area contributed by atoms with E-state index in [2.05, 4.69) is 31.2 Å². The zero-order valence-corrected chi connectivity index (χ0v) is 13.2. The molecule has 3 heteroatoms. The topological polar surface area (TPSA) is 37.3 Å². The minimum absolute atomic E-state index is 0. The summed E-state index contributed by atoms with van der Waals surface area (Å²) in [7, 11) is 0. The third-order valence-corrected chi connectivity index (χ3v) is 3.34. The van der Waals surface area contributed by atoms with Crippen molar-refractivity contribution in [3.8, 4) is 0 Å². The fraction of sp³-hybridized carbons (Fsp3) is 0.722. The van der Waals surface area contributed by atoms with Gasteiger partial charge < -0.3 is 5.11 Å². The summed E-state index contributed by atoms with van der Waals surface area (Å²) in [5, 5.41) is 8.50. The quantitative estimate of drug-likeness (QED) is 0.245. The van der Waals surface area contributed by atoms with Crippen molar-refractivity contribution in [2.24, 2.45) is 0 Å². The van der Waals surface area contributed by atoms with Crippen LogP contribution in [0.3, 0.4) is 0 Å². The van der Waals surface area contributed by atoms with Crippen LogP contribution in [0, 0.1) is 0 Å². The van der Waals surface area contributed by atoms with Gasteiger partial charge in [0, 0.05) is 6.42 Å². The van der Waals surface area contributed by atoms with E-state index in [4.69, 9.17) is 5.11 Å². The predicted molar refractivity (Wildman–Crippen MR) is 95.5 cm³/mol. The van der Waals surface area contributed by atoms with E-state index in [9.17, 15) is 4.79 Å². The van der Waals surface area contributed by atoms with E-state index in [-0.39, 0.29) is 48.9 Å². The molecule has 0 aromatic rings. The van der Waals surface area contributed by atoms with E-state index in [1.165, 1.54) is 44.9 Å². The zero-order valence-electron chi connectivity index (χ0n) is 13.2. The van der Waals surface area contributed by atoms with Crippen LogP contribution in [-0.2, 0) is 4.79 Å². The Morgan fingerprint density at radius 1 is 0.810 bits per heavy atom. The molecule has 0 heterocycles. The number of carboxylic acids is 1. The number of carbonyl (C=O) groups is 1.